The Bertz CT molecular complexity index is 506. The standard InChI is InChI=1S/C15H22N2O4/c1-4-16-11-9-14(15(11)20-5-2)21-13-7-6-10(3)8-12(13)17(18)19/h6-8,11,14-16H,4-5,9H2,1-3H3. The van der Waals surface area contributed by atoms with Crippen LogP contribution in [0.25, 0.3) is 0 Å². The largest absolute Gasteiger partial charge is 0.481 e. The average molecular weight is 294 g/mol. The molecule has 1 aliphatic rings. The SMILES string of the molecule is CCNC1CC(Oc2ccc(C)cc2[N+](=O)[O-])C1OCC. The molecular weight excluding hydrogens is 272 g/mol. The summed E-state index contributed by atoms with van der Waals surface area (Å²) in [5, 5.41) is 14.5. The summed E-state index contributed by atoms with van der Waals surface area (Å²) >= 11 is 0. The first-order chi connectivity index (χ1) is 10.1. The molecule has 3 atom stereocenters. The molecule has 1 fully saturated rings. The van der Waals surface area contributed by atoms with Gasteiger partial charge in [0.05, 0.1) is 4.92 Å². The number of benzene rings is 1. The first kappa shape index (κ1) is 15.7. The average Bonchev–Trinajstić information content (AvgIpc) is 2.44. The Morgan fingerprint density at radius 1 is 1.43 bits per heavy atom. The van der Waals surface area contributed by atoms with Gasteiger partial charge in [0.15, 0.2) is 5.75 Å². The van der Waals surface area contributed by atoms with E-state index in [0.29, 0.717) is 12.4 Å². The van der Waals surface area contributed by atoms with Gasteiger partial charge in [0.1, 0.15) is 12.2 Å². The van der Waals surface area contributed by atoms with Gasteiger partial charge in [-0.25, -0.2) is 0 Å². The quantitative estimate of drug-likeness (QED) is 0.617. The molecule has 0 amide bonds. The maximum atomic E-state index is 11.1. The zero-order valence-electron chi connectivity index (χ0n) is 12.7. The van der Waals surface area contributed by atoms with E-state index in [1.807, 2.05) is 26.8 Å². The summed E-state index contributed by atoms with van der Waals surface area (Å²) in [5.74, 6) is 0.315. The van der Waals surface area contributed by atoms with Crippen molar-refractivity contribution in [1.82, 2.24) is 5.32 Å². The van der Waals surface area contributed by atoms with Gasteiger partial charge in [-0.1, -0.05) is 13.0 Å². The molecule has 1 aromatic carbocycles. The summed E-state index contributed by atoms with van der Waals surface area (Å²) in [6.07, 6.45) is 0.593. The number of rotatable bonds is 7. The number of nitrogens with zero attached hydrogens (tertiary/aromatic N) is 1. The highest BCUT2D eigenvalue weighted by Crippen LogP contribution is 2.34. The zero-order valence-corrected chi connectivity index (χ0v) is 12.7. The van der Waals surface area contributed by atoms with E-state index in [2.05, 4.69) is 5.32 Å². The van der Waals surface area contributed by atoms with Crippen LogP contribution in [0.5, 0.6) is 5.75 Å². The van der Waals surface area contributed by atoms with Gasteiger partial charge in [-0.3, -0.25) is 10.1 Å². The Labute approximate surface area is 124 Å². The molecule has 0 bridgehead atoms. The topological polar surface area (TPSA) is 73.6 Å². The van der Waals surface area contributed by atoms with E-state index < -0.39 is 4.92 Å². The number of nitro benzene ring substituents is 1. The van der Waals surface area contributed by atoms with Crippen LogP contribution in [0.4, 0.5) is 5.69 Å². The number of aryl methyl sites for hydroxylation is 1. The smallest absolute Gasteiger partial charge is 0.311 e. The third-order valence-electron chi connectivity index (χ3n) is 3.66. The van der Waals surface area contributed by atoms with Crippen LogP contribution in [0.1, 0.15) is 25.8 Å². The molecule has 1 saturated carbocycles. The van der Waals surface area contributed by atoms with E-state index in [4.69, 9.17) is 9.47 Å². The van der Waals surface area contributed by atoms with Crippen molar-refractivity contribution in [3.05, 3.63) is 33.9 Å². The molecule has 0 radical (unpaired) electrons. The molecule has 2 rings (SSSR count). The minimum atomic E-state index is -0.404. The van der Waals surface area contributed by atoms with Crippen LogP contribution in [0.2, 0.25) is 0 Å². The number of likely N-dealkylation sites (N-methyl/N-ethyl adjacent to an activating group) is 1. The second kappa shape index (κ2) is 6.87. The van der Waals surface area contributed by atoms with Gasteiger partial charge in [-0.05, 0) is 32.0 Å². The Morgan fingerprint density at radius 2 is 2.19 bits per heavy atom. The van der Waals surface area contributed by atoms with Crippen molar-refractivity contribution < 1.29 is 14.4 Å². The van der Waals surface area contributed by atoms with Gasteiger partial charge in [0, 0.05) is 25.1 Å². The van der Waals surface area contributed by atoms with Crippen molar-refractivity contribution in [3.63, 3.8) is 0 Å². The summed E-state index contributed by atoms with van der Waals surface area (Å²) < 4.78 is 11.5. The molecule has 3 unspecified atom stereocenters. The fourth-order valence-electron chi connectivity index (χ4n) is 2.61. The van der Waals surface area contributed by atoms with Crippen molar-refractivity contribution in [1.29, 1.82) is 0 Å². The Morgan fingerprint density at radius 3 is 2.81 bits per heavy atom. The number of nitro groups is 1. The summed E-state index contributed by atoms with van der Waals surface area (Å²) in [7, 11) is 0. The molecule has 0 aromatic heterocycles. The van der Waals surface area contributed by atoms with E-state index in [9.17, 15) is 10.1 Å². The minimum Gasteiger partial charge on any atom is -0.481 e. The Balaban J connectivity index is 2.09. The lowest BCUT2D eigenvalue weighted by molar-refractivity contribution is -0.386. The highest BCUT2D eigenvalue weighted by Gasteiger charge is 2.43. The fraction of sp³-hybridized carbons (Fsp3) is 0.600. The molecule has 0 saturated heterocycles. The maximum absolute atomic E-state index is 11.1. The molecule has 1 aromatic rings. The molecule has 6 nitrogen and oxygen atoms in total. The summed E-state index contributed by atoms with van der Waals surface area (Å²) in [5.41, 5.74) is 0.853. The van der Waals surface area contributed by atoms with Gasteiger partial charge in [-0.2, -0.15) is 0 Å². The summed E-state index contributed by atoms with van der Waals surface area (Å²) in [4.78, 5) is 10.7. The van der Waals surface area contributed by atoms with E-state index in [0.717, 1.165) is 18.5 Å². The normalized spacial score (nSPS) is 24.4. The lowest BCUT2D eigenvalue weighted by Gasteiger charge is -2.43. The van der Waals surface area contributed by atoms with Gasteiger partial charge in [0.2, 0.25) is 0 Å². The second-order valence-corrected chi connectivity index (χ2v) is 5.20. The monoisotopic (exact) mass is 294 g/mol. The molecule has 21 heavy (non-hydrogen) atoms. The van der Waals surface area contributed by atoms with Gasteiger partial charge < -0.3 is 14.8 Å². The Kier molecular flexibility index (Phi) is 5.14. The van der Waals surface area contributed by atoms with Crippen LogP contribution < -0.4 is 10.1 Å². The minimum absolute atomic E-state index is 0.0112. The van der Waals surface area contributed by atoms with Crippen LogP contribution in [0.15, 0.2) is 18.2 Å². The van der Waals surface area contributed by atoms with E-state index >= 15 is 0 Å². The first-order valence-electron chi connectivity index (χ1n) is 7.33. The van der Waals surface area contributed by atoms with Crippen LogP contribution in [0, 0.1) is 17.0 Å². The highest BCUT2D eigenvalue weighted by molar-refractivity contribution is 5.48. The molecule has 0 heterocycles. The van der Waals surface area contributed by atoms with Gasteiger partial charge >= 0.3 is 5.69 Å². The van der Waals surface area contributed by atoms with Crippen molar-refractivity contribution in [2.45, 2.75) is 45.4 Å². The number of hydrogen-bond acceptors (Lipinski definition) is 5. The number of ether oxygens (including phenoxy) is 2. The van der Waals surface area contributed by atoms with Gasteiger partial charge in [-0.15, -0.1) is 0 Å². The lowest BCUT2D eigenvalue weighted by atomic mass is 9.85. The van der Waals surface area contributed by atoms with Crippen molar-refractivity contribution in [3.8, 4) is 5.75 Å². The van der Waals surface area contributed by atoms with Crippen LogP contribution in [-0.2, 0) is 4.74 Å². The van der Waals surface area contributed by atoms with Crippen molar-refractivity contribution in [2.24, 2.45) is 0 Å². The maximum Gasteiger partial charge on any atom is 0.311 e. The number of nitrogens with one attached hydrogen (secondary N) is 1. The fourth-order valence-corrected chi connectivity index (χ4v) is 2.61. The molecule has 116 valence electrons. The third-order valence-corrected chi connectivity index (χ3v) is 3.66. The molecule has 0 spiro atoms. The number of hydrogen-bond donors (Lipinski definition) is 1. The summed E-state index contributed by atoms with van der Waals surface area (Å²) in [6, 6.07) is 5.27. The van der Waals surface area contributed by atoms with Crippen molar-refractivity contribution >= 4 is 5.69 Å². The third kappa shape index (κ3) is 3.51. The van der Waals surface area contributed by atoms with Crippen LogP contribution >= 0.6 is 0 Å². The van der Waals surface area contributed by atoms with Crippen LogP contribution in [0.3, 0.4) is 0 Å². The molecule has 1 N–H and O–H groups in total. The van der Waals surface area contributed by atoms with E-state index in [-0.39, 0.29) is 23.9 Å². The highest BCUT2D eigenvalue weighted by atomic mass is 16.6. The predicted octanol–water partition coefficient (Wildman–Crippen LogP) is 2.44. The van der Waals surface area contributed by atoms with Crippen molar-refractivity contribution in [2.75, 3.05) is 13.2 Å². The lowest BCUT2D eigenvalue weighted by Crippen LogP contribution is -2.61. The predicted molar refractivity (Wildman–Crippen MR) is 79.7 cm³/mol. The Hall–Kier alpha value is -1.66. The van der Waals surface area contributed by atoms with E-state index in [1.165, 1.54) is 6.07 Å². The molecule has 1 aliphatic carbocycles. The first-order valence-corrected chi connectivity index (χ1v) is 7.33. The van der Waals surface area contributed by atoms with Gasteiger partial charge in [0.25, 0.3) is 0 Å². The molecule has 0 aliphatic heterocycles. The zero-order chi connectivity index (χ0) is 15.4. The summed E-state index contributed by atoms with van der Waals surface area (Å²) in [6.45, 7) is 7.27. The molecule has 6 heteroatoms. The van der Waals surface area contributed by atoms with E-state index in [1.54, 1.807) is 6.07 Å². The molecular formula is C15H22N2O4. The van der Waals surface area contributed by atoms with Crippen LogP contribution in [-0.4, -0.2) is 36.3 Å². The second-order valence-electron chi connectivity index (χ2n) is 5.20.